The van der Waals surface area contributed by atoms with Gasteiger partial charge < -0.3 is 19.7 Å². The van der Waals surface area contributed by atoms with E-state index in [2.05, 4.69) is 5.32 Å². The molecule has 2 amide bonds. The van der Waals surface area contributed by atoms with Gasteiger partial charge in [-0.25, -0.2) is 4.79 Å². The summed E-state index contributed by atoms with van der Waals surface area (Å²) in [6.07, 6.45) is 3.24. The third-order valence-corrected chi connectivity index (χ3v) is 4.93. The zero-order valence-corrected chi connectivity index (χ0v) is 17.3. The molecule has 0 bridgehead atoms. The molecule has 3 rings (SSSR count). The van der Waals surface area contributed by atoms with Crippen LogP contribution >= 0.6 is 0 Å². The number of carbonyl (C=O) groups is 3. The predicted octanol–water partition coefficient (Wildman–Crippen LogP) is 2.50. The Hall–Kier alpha value is -3.35. The van der Waals surface area contributed by atoms with Gasteiger partial charge in [0.1, 0.15) is 5.75 Å². The van der Waals surface area contributed by atoms with Crippen molar-refractivity contribution in [3.63, 3.8) is 0 Å². The number of amides is 2. The molecule has 158 valence electrons. The van der Waals surface area contributed by atoms with Crippen LogP contribution < -0.4 is 10.1 Å². The molecule has 7 heteroatoms. The number of hydrogen-bond acceptors (Lipinski definition) is 5. The highest BCUT2D eigenvalue weighted by Crippen LogP contribution is 2.25. The first-order valence-electron chi connectivity index (χ1n) is 9.91. The summed E-state index contributed by atoms with van der Waals surface area (Å²) < 4.78 is 10.4. The monoisotopic (exact) mass is 410 g/mol. The van der Waals surface area contributed by atoms with Crippen molar-refractivity contribution in [3.05, 3.63) is 59.2 Å². The Kier molecular flexibility index (Phi) is 7.06. The topological polar surface area (TPSA) is 84.9 Å². The molecule has 0 aromatic heterocycles. The maximum Gasteiger partial charge on any atom is 0.344 e. The number of aryl methyl sites for hydroxylation is 3. The normalized spacial score (nSPS) is 12.1. The minimum atomic E-state index is -0.638. The molecule has 7 nitrogen and oxygen atoms in total. The average molecular weight is 410 g/mol. The smallest absolute Gasteiger partial charge is 0.344 e. The Morgan fingerprint density at radius 1 is 1.00 bits per heavy atom. The summed E-state index contributed by atoms with van der Waals surface area (Å²) in [5, 5.41) is 2.72. The molecule has 0 heterocycles. The lowest BCUT2D eigenvalue weighted by molar-refractivity contribution is -0.153. The van der Waals surface area contributed by atoms with E-state index in [1.165, 1.54) is 23.1 Å². The van der Waals surface area contributed by atoms with Crippen LogP contribution in [0.1, 0.15) is 23.1 Å². The maximum absolute atomic E-state index is 12.1. The lowest BCUT2D eigenvalue weighted by Crippen LogP contribution is -2.37. The van der Waals surface area contributed by atoms with Crippen LogP contribution in [0, 0.1) is 6.92 Å². The van der Waals surface area contributed by atoms with Crippen LogP contribution in [0.4, 0.5) is 5.69 Å². The number of benzene rings is 2. The number of rotatable bonds is 8. The molecule has 0 spiro atoms. The molecule has 0 saturated heterocycles. The Labute approximate surface area is 176 Å². The highest BCUT2D eigenvalue weighted by atomic mass is 16.6. The van der Waals surface area contributed by atoms with Crippen molar-refractivity contribution in [2.24, 2.45) is 0 Å². The van der Waals surface area contributed by atoms with Crippen LogP contribution in [0.2, 0.25) is 0 Å². The first kappa shape index (κ1) is 21.4. The van der Waals surface area contributed by atoms with Gasteiger partial charge in [-0.15, -0.1) is 0 Å². The van der Waals surface area contributed by atoms with Gasteiger partial charge in [0.25, 0.3) is 5.91 Å². The quantitative estimate of drug-likeness (QED) is 0.676. The Morgan fingerprint density at radius 3 is 2.50 bits per heavy atom. The molecule has 0 atom stereocenters. The zero-order chi connectivity index (χ0) is 21.5. The second-order valence-corrected chi connectivity index (χ2v) is 7.40. The van der Waals surface area contributed by atoms with Gasteiger partial charge >= 0.3 is 5.97 Å². The number of nitrogens with one attached hydrogen (secondary N) is 1. The molecule has 0 radical (unpaired) electrons. The van der Waals surface area contributed by atoms with Gasteiger partial charge in [0, 0.05) is 12.7 Å². The number of hydrogen-bond donors (Lipinski definition) is 1. The van der Waals surface area contributed by atoms with E-state index in [1.807, 2.05) is 37.3 Å². The van der Waals surface area contributed by atoms with Crippen LogP contribution in [0.15, 0.2) is 42.5 Å². The third kappa shape index (κ3) is 6.07. The summed E-state index contributed by atoms with van der Waals surface area (Å²) in [5.41, 5.74) is 4.32. The molecule has 2 aromatic carbocycles. The van der Waals surface area contributed by atoms with Crippen LogP contribution in [0.5, 0.6) is 5.75 Å². The fourth-order valence-electron chi connectivity index (χ4n) is 3.22. The van der Waals surface area contributed by atoms with Crippen molar-refractivity contribution in [1.29, 1.82) is 0 Å². The van der Waals surface area contributed by atoms with Crippen molar-refractivity contribution in [2.75, 3.05) is 32.1 Å². The number of ether oxygens (including phenoxy) is 2. The van der Waals surface area contributed by atoms with Crippen LogP contribution in [-0.4, -0.2) is 49.5 Å². The lowest BCUT2D eigenvalue weighted by atomic mass is 10.1. The molecule has 0 unspecified atom stereocenters. The SMILES string of the molecule is Cc1ccc(NC(=O)CN(C)C(=O)COC(=O)COc2ccc3c(c2)CCC3)cc1. The number of likely N-dealkylation sites (N-methyl/N-ethyl adjacent to an activating group) is 1. The first-order chi connectivity index (χ1) is 14.4. The molecule has 0 fully saturated rings. The summed E-state index contributed by atoms with van der Waals surface area (Å²) in [7, 11) is 1.48. The van der Waals surface area contributed by atoms with E-state index >= 15 is 0 Å². The lowest BCUT2D eigenvalue weighted by Gasteiger charge is -2.17. The minimum Gasteiger partial charge on any atom is -0.482 e. The fraction of sp³-hybridized carbons (Fsp3) is 0.348. The van der Waals surface area contributed by atoms with Crippen molar-refractivity contribution in [2.45, 2.75) is 26.2 Å². The molecule has 0 aliphatic heterocycles. The van der Waals surface area contributed by atoms with Gasteiger partial charge in [-0.3, -0.25) is 9.59 Å². The van der Waals surface area contributed by atoms with E-state index in [4.69, 9.17) is 9.47 Å². The van der Waals surface area contributed by atoms with E-state index in [9.17, 15) is 14.4 Å². The number of carbonyl (C=O) groups excluding carboxylic acids is 3. The van der Waals surface area contributed by atoms with Gasteiger partial charge in [0.15, 0.2) is 13.2 Å². The number of fused-ring (bicyclic) bond motifs is 1. The Bertz CT molecular complexity index is 924. The largest absolute Gasteiger partial charge is 0.482 e. The molecule has 1 aliphatic rings. The van der Waals surface area contributed by atoms with Crippen LogP contribution in [0.25, 0.3) is 0 Å². The minimum absolute atomic E-state index is 0.143. The van der Waals surface area contributed by atoms with Gasteiger partial charge in [-0.1, -0.05) is 23.8 Å². The standard InChI is InChI=1S/C23H26N2O5/c1-16-6-9-19(10-7-16)24-21(26)13-25(2)22(27)14-30-23(28)15-29-20-11-8-17-4-3-5-18(17)12-20/h6-12H,3-5,13-15H2,1-2H3,(H,24,26). The second-order valence-electron chi connectivity index (χ2n) is 7.40. The summed E-state index contributed by atoms with van der Waals surface area (Å²) in [4.78, 5) is 37.2. The van der Waals surface area contributed by atoms with Crippen molar-refractivity contribution in [1.82, 2.24) is 4.90 Å². The van der Waals surface area contributed by atoms with Crippen LogP contribution in [-0.2, 0) is 32.0 Å². The van der Waals surface area contributed by atoms with E-state index < -0.39 is 18.5 Å². The molecular formula is C23H26N2O5. The van der Waals surface area contributed by atoms with E-state index in [0.717, 1.165) is 24.8 Å². The molecular weight excluding hydrogens is 384 g/mol. The van der Waals surface area contributed by atoms with Gasteiger partial charge in [-0.05, 0) is 61.6 Å². The molecule has 0 saturated carbocycles. The zero-order valence-electron chi connectivity index (χ0n) is 17.3. The molecule has 1 N–H and O–H groups in total. The summed E-state index contributed by atoms with van der Waals surface area (Å²) >= 11 is 0. The Balaban J connectivity index is 1.37. The summed E-state index contributed by atoms with van der Waals surface area (Å²) in [6.45, 7) is 1.09. The van der Waals surface area contributed by atoms with E-state index in [0.29, 0.717) is 11.4 Å². The average Bonchev–Trinajstić information content (AvgIpc) is 3.20. The first-order valence-corrected chi connectivity index (χ1v) is 9.91. The molecule has 30 heavy (non-hydrogen) atoms. The van der Waals surface area contributed by atoms with Crippen molar-refractivity contribution < 1.29 is 23.9 Å². The molecule has 2 aromatic rings. The fourth-order valence-corrected chi connectivity index (χ4v) is 3.22. The summed E-state index contributed by atoms with van der Waals surface area (Å²) in [6, 6.07) is 13.1. The summed E-state index contributed by atoms with van der Waals surface area (Å²) in [5.74, 6) is -0.828. The molecule has 1 aliphatic carbocycles. The second kappa shape index (κ2) is 9.91. The van der Waals surface area contributed by atoms with Crippen LogP contribution in [0.3, 0.4) is 0 Å². The number of esters is 1. The van der Waals surface area contributed by atoms with Gasteiger partial charge in [0.2, 0.25) is 5.91 Å². The highest BCUT2D eigenvalue weighted by Gasteiger charge is 2.16. The van der Waals surface area contributed by atoms with Gasteiger partial charge in [0.05, 0.1) is 6.54 Å². The highest BCUT2D eigenvalue weighted by molar-refractivity contribution is 5.94. The maximum atomic E-state index is 12.1. The van der Waals surface area contributed by atoms with E-state index in [1.54, 1.807) is 12.1 Å². The predicted molar refractivity (Wildman–Crippen MR) is 112 cm³/mol. The number of nitrogens with zero attached hydrogens (tertiary/aromatic N) is 1. The third-order valence-electron chi connectivity index (χ3n) is 4.93. The van der Waals surface area contributed by atoms with Gasteiger partial charge in [-0.2, -0.15) is 0 Å². The van der Waals surface area contributed by atoms with Crippen molar-refractivity contribution >= 4 is 23.5 Å². The van der Waals surface area contributed by atoms with Crippen molar-refractivity contribution in [3.8, 4) is 5.75 Å². The van der Waals surface area contributed by atoms with E-state index in [-0.39, 0.29) is 19.1 Å². The number of anilines is 1. The Morgan fingerprint density at radius 2 is 1.73 bits per heavy atom.